The van der Waals surface area contributed by atoms with E-state index in [4.69, 9.17) is 0 Å². The predicted octanol–water partition coefficient (Wildman–Crippen LogP) is 2.37. The van der Waals surface area contributed by atoms with Crippen molar-refractivity contribution in [2.45, 2.75) is 32.1 Å². The second kappa shape index (κ2) is 6.30. The molecule has 2 amide bonds. The molecule has 2 aliphatic rings. The summed E-state index contributed by atoms with van der Waals surface area (Å²) in [4.78, 5) is 30.2. The molecule has 1 atom stereocenters. The minimum Gasteiger partial charge on any atom is -0.334 e. The van der Waals surface area contributed by atoms with Gasteiger partial charge in [0.25, 0.3) is 0 Å². The van der Waals surface area contributed by atoms with Crippen LogP contribution >= 0.6 is 0 Å². The third-order valence-corrected chi connectivity index (χ3v) is 4.62. The van der Waals surface area contributed by atoms with Crippen LogP contribution in [-0.2, 0) is 9.59 Å². The molecule has 1 aliphatic heterocycles. The molecule has 2 heterocycles. The van der Waals surface area contributed by atoms with Gasteiger partial charge >= 0.3 is 11.8 Å². The monoisotopic (exact) mass is 299 g/mol. The lowest BCUT2D eigenvalue weighted by Gasteiger charge is -2.43. The van der Waals surface area contributed by atoms with E-state index in [0.29, 0.717) is 18.8 Å². The summed E-state index contributed by atoms with van der Waals surface area (Å²) in [6, 6.07) is 3.45. The molecule has 0 bridgehead atoms. The zero-order valence-electron chi connectivity index (χ0n) is 12.6. The van der Waals surface area contributed by atoms with Crippen LogP contribution in [0.1, 0.15) is 32.1 Å². The molecule has 3 rings (SSSR count). The minimum absolute atomic E-state index is 0.178. The Bertz CT molecular complexity index is 585. The van der Waals surface area contributed by atoms with Gasteiger partial charge in [-0.05, 0) is 49.7 Å². The fourth-order valence-electron chi connectivity index (χ4n) is 3.46. The molecule has 0 radical (unpaired) electrons. The normalized spacial score (nSPS) is 24.3. The fourth-order valence-corrected chi connectivity index (χ4v) is 3.46. The first-order valence-corrected chi connectivity index (χ1v) is 7.84. The minimum atomic E-state index is -0.573. The highest BCUT2D eigenvalue weighted by molar-refractivity contribution is 6.39. The molecule has 22 heavy (non-hydrogen) atoms. The van der Waals surface area contributed by atoms with Gasteiger partial charge in [-0.15, -0.1) is 0 Å². The van der Waals surface area contributed by atoms with Crippen molar-refractivity contribution in [2.24, 2.45) is 5.41 Å². The molecule has 0 saturated carbocycles. The van der Waals surface area contributed by atoms with Crippen molar-refractivity contribution < 1.29 is 9.59 Å². The van der Waals surface area contributed by atoms with Crippen molar-refractivity contribution in [2.75, 3.05) is 18.4 Å². The van der Waals surface area contributed by atoms with Crippen molar-refractivity contribution in [1.29, 1.82) is 0 Å². The smallest absolute Gasteiger partial charge is 0.313 e. The Morgan fingerprint density at radius 2 is 2.18 bits per heavy atom. The highest BCUT2D eigenvalue weighted by Crippen LogP contribution is 2.40. The van der Waals surface area contributed by atoms with Gasteiger partial charge in [-0.1, -0.05) is 12.2 Å². The number of anilines is 1. The highest BCUT2D eigenvalue weighted by Gasteiger charge is 2.38. The SMILES string of the molecule is O=C(Nc1cccnc1)C(=O)N1CCC[C@@]2(CC=CCC2)C1. The molecule has 1 fully saturated rings. The summed E-state index contributed by atoms with van der Waals surface area (Å²) >= 11 is 0. The molecule has 1 saturated heterocycles. The first-order chi connectivity index (χ1) is 10.7. The van der Waals surface area contributed by atoms with Crippen molar-refractivity contribution in [3.05, 3.63) is 36.7 Å². The van der Waals surface area contributed by atoms with E-state index in [2.05, 4.69) is 22.5 Å². The molecule has 5 nitrogen and oxygen atoms in total. The number of allylic oxidation sites excluding steroid dienone is 2. The Balaban J connectivity index is 1.64. The van der Waals surface area contributed by atoms with Gasteiger partial charge in [-0.25, -0.2) is 0 Å². The van der Waals surface area contributed by atoms with E-state index < -0.39 is 11.8 Å². The third-order valence-electron chi connectivity index (χ3n) is 4.62. The van der Waals surface area contributed by atoms with Gasteiger partial charge in [0.2, 0.25) is 0 Å². The number of carbonyl (C=O) groups excluding carboxylic acids is 2. The maximum absolute atomic E-state index is 12.4. The molecule has 1 aromatic rings. The molecule has 116 valence electrons. The molecule has 5 heteroatoms. The Kier molecular flexibility index (Phi) is 4.22. The van der Waals surface area contributed by atoms with E-state index in [1.807, 2.05) is 0 Å². The van der Waals surface area contributed by atoms with Gasteiger partial charge in [-0.2, -0.15) is 0 Å². The maximum Gasteiger partial charge on any atom is 0.313 e. The predicted molar refractivity (Wildman–Crippen MR) is 84.1 cm³/mol. The lowest BCUT2D eigenvalue weighted by molar-refractivity contribution is -0.145. The number of nitrogens with zero attached hydrogens (tertiary/aromatic N) is 2. The quantitative estimate of drug-likeness (QED) is 0.639. The Labute approximate surface area is 130 Å². The summed E-state index contributed by atoms with van der Waals surface area (Å²) in [6.07, 6.45) is 12.9. The van der Waals surface area contributed by atoms with Crippen LogP contribution in [0.4, 0.5) is 5.69 Å². The van der Waals surface area contributed by atoms with Crippen molar-refractivity contribution in [1.82, 2.24) is 9.88 Å². The van der Waals surface area contributed by atoms with E-state index in [-0.39, 0.29) is 5.41 Å². The number of pyridine rings is 1. The van der Waals surface area contributed by atoms with E-state index >= 15 is 0 Å². The third kappa shape index (κ3) is 3.18. The summed E-state index contributed by atoms with van der Waals surface area (Å²) in [5.41, 5.74) is 0.727. The van der Waals surface area contributed by atoms with E-state index in [9.17, 15) is 9.59 Å². The largest absolute Gasteiger partial charge is 0.334 e. The zero-order valence-corrected chi connectivity index (χ0v) is 12.6. The van der Waals surface area contributed by atoms with Crippen LogP contribution in [0.2, 0.25) is 0 Å². The summed E-state index contributed by atoms with van der Waals surface area (Å²) < 4.78 is 0. The van der Waals surface area contributed by atoms with Gasteiger partial charge in [0.05, 0.1) is 11.9 Å². The molecule has 0 aromatic carbocycles. The van der Waals surface area contributed by atoms with Gasteiger partial charge in [0.15, 0.2) is 0 Å². The number of likely N-dealkylation sites (tertiary alicyclic amines) is 1. The van der Waals surface area contributed by atoms with E-state index in [1.54, 1.807) is 23.2 Å². The maximum atomic E-state index is 12.4. The lowest BCUT2D eigenvalue weighted by Crippen LogP contribution is -2.49. The van der Waals surface area contributed by atoms with Gasteiger partial charge < -0.3 is 10.2 Å². The first kappa shape index (κ1) is 14.8. The number of aromatic nitrogens is 1. The number of piperidine rings is 1. The van der Waals surface area contributed by atoms with Crippen LogP contribution in [0, 0.1) is 5.41 Å². The Hall–Kier alpha value is -2.17. The molecule has 1 aliphatic carbocycles. The second-order valence-electron chi connectivity index (χ2n) is 6.24. The number of amides is 2. The molecular formula is C17H21N3O2. The van der Waals surface area contributed by atoms with Crippen LogP contribution < -0.4 is 5.32 Å². The number of hydrogen-bond donors (Lipinski definition) is 1. The van der Waals surface area contributed by atoms with Gasteiger partial charge in [0.1, 0.15) is 0 Å². The molecule has 1 aromatic heterocycles. The average molecular weight is 299 g/mol. The summed E-state index contributed by atoms with van der Waals surface area (Å²) in [5.74, 6) is -1.01. The second-order valence-corrected chi connectivity index (χ2v) is 6.24. The molecule has 1 N–H and O–H groups in total. The van der Waals surface area contributed by atoms with Crippen molar-refractivity contribution in [3.8, 4) is 0 Å². The van der Waals surface area contributed by atoms with Gasteiger partial charge in [0, 0.05) is 19.3 Å². The van der Waals surface area contributed by atoms with Crippen LogP contribution in [-0.4, -0.2) is 34.8 Å². The lowest BCUT2D eigenvalue weighted by atomic mass is 9.71. The Morgan fingerprint density at radius 3 is 2.91 bits per heavy atom. The van der Waals surface area contributed by atoms with Crippen LogP contribution in [0.25, 0.3) is 0 Å². The fraction of sp³-hybridized carbons (Fsp3) is 0.471. The number of nitrogens with one attached hydrogen (secondary N) is 1. The van der Waals surface area contributed by atoms with Gasteiger partial charge in [-0.3, -0.25) is 14.6 Å². The number of rotatable bonds is 1. The van der Waals surface area contributed by atoms with Crippen molar-refractivity contribution >= 4 is 17.5 Å². The Morgan fingerprint density at radius 1 is 1.27 bits per heavy atom. The molecular weight excluding hydrogens is 278 g/mol. The van der Waals surface area contributed by atoms with Crippen LogP contribution in [0.5, 0.6) is 0 Å². The topological polar surface area (TPSA) is 62.3 Å². The summed E-state index contributed by atoms with van der Waals surface area (Å²) in [6.45, 7) is 1.36. The molecule has 0 unspecified atom stereocenters. The van der Waals surface area contributed by atoms with E-state index in [0.717, 1.165) is 32.1 Å². The van der Waals surface area contributed by atoms with Crippen molar-refractivity contribution in [3.63, 3.8) is 0 Å². The highest BCUT2D eigenvalue weighted by atomic mass is 16.2. The molecule has 1 spiro atoms. The zero-order chi connectivity index (χ0) is 15.4. The van der Waals surface area contributed by atoms with E-state index in [1.165, 1.54) is 6.20 Å². The van der Waals surface area contributed by atoms with Crippen LogP contribution in [0.15, 0.2) is 36.7 Å². The summed E-state index contributed by atoms with van der Waals surface area (Å²) in [5, 5.41) is 2.62. The standard InChI is InChI=1S/C17H21N3O2/c21-15(19-14-6-4-10-18-12-14)16(22)20-11-5-9-17(13-20)7-2-1-3-8-17/h1-2,4,6,10,12H,3,5,7-9,11,13H2,(H,19,21)/t17-/m0/s1. The summed E-state index contributed by atoms with van der Waals surface area (Å²) in [7, 11) is 0. The first-order valence-electron chi connectivity index (χ1n) is 7.84. The van der Waals surface area contributed by atoms with Crippen LogP contribution in [0.3, 0.4) is 0 Å². The number of carbonyl (C=O) groups is 2. The average Bonchev–Trinajstić information content (AvgIpc) is 2.56. The number of hydrogen-bond acceptors (Lipinski definition) is 3.